The van der Waals surface area contributed by atoms with Gasteiger partial charge in [0.25, 0.3) is 0 Å². The molecule has 0 aliphatic carbocycles. The second-order valence-electron chi connectivity index (χ2n) is 2.76. The van der Waals surface area contributed by atoms with Crippen molar-refractivity contribution in [3.05, 3.63) is 23.7 Å². The molecule has 0 saturated heterocycles. The Hall–Kier alpha value is -2.10. The van der Waals surface area contributed by atoms with Crippen molar-refractivity contribution in [3.8, 4) is 6.07 Å². The molecule has 0 atom stereocenters. The first-order valence-corrected chi connectivity index (χ1v) is 3.85. The third-order valence-corrected chi connectivity index (χ3v) is 1.74. The SMILES string of the molecule is N#Cc1nc2nc(C(F)(F)F)ccc2[nH]1. The lowest BCUT2D eigenvalue weighted by Gasteiger charge is -2.03. The maximum absolute atomic E-state index is 12.2. The zero-order valence-corrected chi connectivity index (χ0v) is 7.13. The van der Waals surface area contributed by atoms with Crippen molar-refractivity contribution in [2.45, 2.75) is 6.18 Å². The fraction of sp³-hybridized carbons (Fsp3) is 0.125. The van der Waals surface area contributed by atoms with E-state index in [4.69, 9.17) is 5.26 Å². The zero-order chi connectivity index (χ0) is 11.1. The highest BCUT2D eigenvalue weighted by molar-refractivity contribution is 5.71. The Morgan fingerprint density at radius 3 is 2.60 bits per heavy atom. The van der Waals surface area contributed by atoms with Crippen LogP contribution >= 0.6 is 0 Å². The van der Waals surface area contributed by atoms with Crippen LogP contribution in [0.2, 0.25) is 0 Å². The molecule has 0 fully saturated rings. The van der Waals surface area contributed by atoms with Crippen molar-refractivity contribution < 1.29 is 13.2 Å². The van der Waals surface area contributed by atoms with Crippen LogP contribution in [0, 0.1) is 11.3 Å². The van der Waals surface area contributed by atoms with E-state index >= 15 is 0 Å². The summed E-state index contributed by atoms with van der Waals surface area (Å²) in [5.41, 5.74) is -0.827. The third kappa shape index (κ3) is 1.61. The molecule has 2 rings (SSSR count). The molecule has 0 aliphatic rings. The number of fused-ring (bicyclic) bond motifs is 1. The van der Waals surface area contributed by atoms with E-state index in [9.17, 15) is 13.2 Å². The van der Waals surface area contributed by atoms with E-state index in [1.54, 1.807) is 6.07 Å². The van der Waals surface area contributed by atoms with E-state index in [0.29, 0.717) is 5.52 Å². The Balaban J connectivity index is 2.62. The highest BCUT2D eigenvalue weighted by atomic mass is 19.4. The first kappa shape index (κ1) is 9.45. The number of aromatic nitrogens is 3. The highest BCUT2D eigenvalue weighted by Gasteiger charge is 2.32. The molecular formula is C8H3F3N4. The minimum Gasteiger partial charge on any atom is -0.328 e. The number of rotatable bonds is 0. The van der Waals surface area contributed by atoms with Gasteiger partial charge in [-0.05, 0) is 12.1 Å². The Morgan fingerprint density at radius 2 is 2.00 bits per heavy atom. The van der Waals surface area contributed by atoms with Gasteiger partial charge < -0.3 is 4.98 Å². The Labute approximate surface area is 81.4 Å². The molecule has 0 radical (unpaired) electrons. The number of nitrogens with one attached hydrogen (secondary N) is 1. The van der Waals surface area contributed by atoms with Gasteiger partial charge in [0.15, 0.2) is 5.65 Å². The number of aromatic amines is 1. The van der Waals surface area contributed by atoms with Crippen LogP contribution in [0.5, 0.6) is 0 Å². The van der Waals surface area contributed by atoms with E-state index < -0.39 is 11.9 Å². The average Bonchev–Trinajstić information content (AvgIpc) is 2.57. The molecule has 15 heavy (non-hydrogen) atoms. The number of nitriles is 1. The number of alkyl halides is 3. The molecule has 4 nitrogen and oxygen atoms in total. The number of H-pyrrole nitrogens is 1. The summed E-state index contributed by atoms with van der Waals surface area (Å²) in [5.74, 6) is -0.0585. The Bertz CT molecular complexity index is 549. The quantitative estimate of drug-likeness (QED) is 0.724. The fourth-order valence-electron chi connectivity index (χ4n) is 1.10. The molecule has 7 heteroatoms. The third-order valence-electron chi connectivity index (χ3n) is 1.74. The van der Waals surface area contributed by atoms with Crippen LogP contribution in [-0.4, -0.2) is 15.0 Å². The van der Waals surface area contributed by atoms with E-state index in [0.717, 1.165) is 6.07 Å². The standard InChI is InChI=1S/C8H3F3N4/c9-8(10,11)5-2-1-4-7(14-5)15-6(3-12)13-4/h1-2H,(H,13,14,15). The summed E-state index contributed by atoms with van der Waals surface area (Å²) in [6.45, 7) is 0. The summed E-state index contributed by atoms with van der Waals surface area (Å²) < 4.78 is 36.7. The summed E-state index contributed by atoms with van der Waals surface area (Å²) in [5, 5.41) is 8.47. The maximum Gasteiger partial charge on any atom is 0.433 e. The van der Waals surface area contributed by atoms with Crippen LogP contribution in [0.4, 0.5) is 13.2 Å². The van der Waals surface area contributed by atoms with Crippen molar-refractivity contribution in [2.24, 2.45) is 0 Å². The molecule has 76 valence electrons. The van der Waals surface area contributed by atoms with Crippen LogP contribution in [-0.2, 0) is 6.18 Å². The first-order valence-electron chi connectivity index (χ1n) is 3.85. The van der Waals surface area contributed by atoms with E-state index in [2.05, 4.69) is 15.0 Å². The second-order valence-corrected chi connectivity index (χ2v) is 2.76. The molecule has 0 spiro atoms. The maximum atomic E-state index is 12.2. The number of halogens is 3. The lowest BCUT2D eigenvalue weighted by Crippen LogP contribution is -2.07. The van der Waals surface area contributed by atoms with E-state index in [1.807, 2.05) is 0 Å². The summed E-state index contributed by atoms with van der Waals surface area (Å²) in [4.78, 5) is 9.40. The van der Waals surface area contributed by atoms with Gasteiger partial charge in [0.05, 0.1) is 5.52 Å². The highest BCUT2D eigenvalue weighted by Crippen LogP contribution is 2.28. The Morgan fingerprint density at radius 1 is 1.27 bits per heavy atom. The predicted molar refractivity (Wildman–Crippen MR) is 43.6 cm³/mol. The van der Waals surface area contributed by atoms with Crippen molar-refractivity contribution in [1.82, 2.24) is 15.0 Å². The van der Waals surface area contributed by atoms with Crippen molar-refractivity contribution in [3.63, 3.8) is 0 Å². The molecule has 2 aromatic rings. The van der Waals surface area contributed by atoms with Gasteiger partial charge >= 0.3 is 6.18 Å². The van der Waals surface area contributed by atoms with Gasteiger partial charge in [0, 0.05) is 0 Å². The molecule has 1 N–H and O–H groups in total. The monoisotopic (exact) mass is 212 g/mol. The molecule has 2 heterocycles. The topological polar surface area (TPSA) is 65.4 Å². The van der Waals surface area contributed by atoms with Crippen LogP contribution in [0.1, 0.15) is 11.5 Å². The van der Waals surface area contributed by atoms with E-state index in [-0.39, 0.29) is 11.5 Å². The summed E-state index contributed by atoms with van der Waals surface area (Å²) in [6, 6.07) is 3.72. The van der Waals surface area contributed by atoms with Gasteiger partial charge in [-0.15, -0.1) is 0 Å². The Kier molecular flexibility index (Phi) is 1.86. The van der Waals surface area contributed by atoms with Crippen LogP contribution in [0.15, 0.2) is 12.1 Å². The normalized spacial score (nSPS) is 11.6. The van der Waals surface area contributed by atoms with Crippen LogP contribution in [0.25, 0.3) is 11.2 Å². The van der Waals surface area contributed by atoms with Gasteiger partial charge in [-0.1, -0.05) is 0 Å². The van der Waals surface area contributed by atoms with Crippen molar-refractivity contribution >= 4 is 11.2 Å². The van der Waals surface area contributed by atoms with Gasteiger partial charge in [0.2, 0.25) is 5.82 Å². The smallest absolute Gasteiger partial charge is 0.328 e. The molecule has 0 bridgehead atoms. The molecule has 0 saturated carbocycles. The lowest BCUT2D eigenvalue weighted by atomic mass is 10.3. The fourth-order valence-corrected chi connectivity index (χ4v) is 1.10. The van der Waals surface area contributed by atoms with E-state index in [1.165, 1.54) is 6.07 Å². The summed E-state index contributed by atoms with van der Waals surface area (Å²) in [6.07, 6.45) is -4.50. The number of pyridine rings is 1. The van der Waals surface area contributed by atoms with Crippen molar-refractivity contribution in [1.29, 1.82) is 5.26 Å². The lowest BCUT2D eigenvalue weighted by molar-refractivity contribution is -0.141. The zero-order valence-electron chi connectivity index (χ0n) is 7.13. The predicted octanol–water partition coefficient (Wildman–Crippen LogP) is 1.85. The molecule has 0 amide bonds. The summed E-state index contributed by atoms with van der Waals surface area (Å²) >= 11 is 0. The molecular weight excluding hydrogens is 209 g/mol. The number of hydrogen-bond donors (Lipinski definition) is 1. The van der Waals surface area contributed by atoms with Gasteiger partial charge in [-0.25, -0.2) is 4.98 Å². The minimum atomic E-state index is -4.50. The second kappa shape index (κ2) is 2.95. The summed E-state index contributed by atoms with van der Waals surface area (Å²) in [7, 11) is 0. The number of imidazole rings is 1. The molecule has 0 aliphatic heterocycles. The van der Waals surface area contributed by atoms with Gasteiger partial charge in [-0.2, -0.15) is 23.4 Å². The van der Waals surface area contributed by atoms with Gasteiger partial charge in [-0.3, -0.25) is 0 Å². The molecule has 0 aromatic carbocycles. The van der Waals surface area contributed by atoms with Gasteiger partial charge in [0.1, 0.15) is 11.8 Å². The number of hydrogen-bond acceptors (Lipinski definition) is 3. The largest absolute Gasteiger partial charge is 0.433 e. The molecule has 0 unspecified atom stereocenters. The van der Waals surface area contributed by atoms with Crippen LogP contribution < -0.4 is 0 Å². The average molecular weight is 212 g/mol. The molecule has 2 aromatic heterocycles. The number of nitrogens with zero attached hydrogens (tertiary/aromatic N) is 3. The van der Waals surface area contributed by atoms with Crippen molar-refractivity contribution in [2.75, 3.05) is 0 Å². The van der Waals surface area contributed by atoms with Crippen LogP contribution in [0.3, 0.4) is 0 Å². The first-order chi connectivity index (χ1) is 7.00. The minimum absolute atomic E-state index is 0.0585.